The third kappa shape index (κ3) is 1.80. The summed E-state index contributed by atoms with van der Waals surface area (Å²) in [5.74, 6) is 0.827. The maximum Gasteiger partial charge on any atom is 0.255 e. The SMILES string of the molecule is O=C(NCC1(C2CC2)CC1)c1cnn2ncccc12. The molecule has 0 saturated heterocycles. The number of fused-ring (bicyclic) bond motifs is 1. The normalized spacial score (nSPS) is 20.4. The van der Waals surface area contributed by atoms with Crippen LogP contribution in [0.25, 0.3) is 5.52 Å². The first-order valence-electron chi connectivity index (χ1n) is 6.86. The van der Waals surface area contributed by atoms with Crippen LogP contribution in [0.5, 0.6) is 0 Å². The minimum Gasteiger partial charge on any atom is -0.351 e. The highest BCUT2D eigenvalue weighted by Crippen LogP contribution is 2.60. The lowest BCUT2D eigenvalue weighted by molar-refractivity contribution is 0.0944. The number of aromatic nitrogens is 3. The van der Waals surface area contributed by atoms with Crippen molar-refractivity contribution in [3.05, 3.63) is 30.1 Å². The van der Waals surface area contributed by atoms with Crippen LogP contribution in [0.4, 0.5) is 0 Å². The standard InChI is InChI=1S/C14H16N4O/c19-13(15-9-14(5-6-14)10-3-4-10)11-8-17-18-12(11)2-1-7-16-18/h1-2,7-8,10H,3-6,9H2,(H,15,19). The minimum absolute atomic E-state index is 0.0325. The maximum atomic E-state index is 12.2. The van der Waals surface area contributed by atoms with E-state index in [0.717, 1.165) is 18.0 Å². The van der Waals surface area contributed by atoms with Crippen LogP contribution in [0, 0.1) is 11.3 Å². The molecule has 2 aliphatic rings. The van der Waals surface area contributed by atoms with Gasteiger partial charge < -0.3 is 5.32 Å². The van der Waals surface area contributed by atoms with Gasteiger partial charge in [0.1, 0.15) is 5.52 Å². The molecule has 1 amide bonds. The number of amides is 1. The molecule has 1 N–H and O–H groups in total. The lowest BCUT2D eigenvalue weighted by Crippen LogP contribution is -2.31. The number of nitrogens with one attached hydrogen (secondary N) is 1. The van der Waals surface area contributed by atoms with Crippen molar-refractivity contribution in [1.82, 2.24) is 20.1 Å². The van der Waals surface area contributed by atoms with Crippen LogP contribution in [-0.4, -0.2) is 27.3 Å². The zero-order valence-electron chi connectivity index (χ0n) is 10.7. The van der Waals surface area contributed by atoms with Crippen molar-refractivity contribution in [2.45, 2.75) is 25.7 Å². The molecular formula is C14H16N4O. The Kier molecular flexibility index (Phi) is 2.19. The van der Waals surface area contributed by atoms with E-state index >= 15 is 0 Å². The van der Waals surface area contributed by atoms with Crippen molar-refractivity contribution >= 4 is 11.4 Å². The van der Waals surface area contributed by atoms with E-state index in [4.69, 9.17) is 0 Å². The molecule has 2 saturated carbocycles. The van der Waals surface area contributed by atoms with E-state index in [1.807, 2.05) is 12.1 Å². The van der Waals surface area contributed by atoms with Crippen LogP contribution in [0.15, 0.2) is 24.5 Å². The zero-order valence-corrected chi connectivity index (χ0v) is 10.7. The van der Waals surface area contributed by atoms with Crippen molar-refractivity contribution in [3.8, 4) is 0 Å². The van der Waals surface area contributed by atoms with Gasteiger partial charge in [-0.2, -0.15) is 14.8 Å². The number of carbonyl (C=O) groups excluding carboxylic acids is 1. The zero-order chi connectivity index (χ0) is 12.9. The largest absolute Gasteiger partial charge is 0.351 e. The second-order valence-corrected chi connectivity index (χ2v) is 5.78. The highest BCUT2D eigenvalue weighted by atomic mass is 16.1. The fraction of sp³-hybridized carbons (Fsp3) is 0.500. The molecule has 5 nitrogen and oxygen atoms in total. The van der Waals surface area contributed by atoms with E-state index in [1.54, 1.807) is 12.4 Å². The van der Waals surface area contributed by atoms with Gasteiger partial charge in [-0.25, -0.2) is 0 Å². The molecule has 0 radical (unpaired) electrons. The molecule has 0 aromatic carbocycles. The predicted octanol–water partition coefficient (Wildman–Crippen LogP) is 1.65. The Morgan fingerprint density at radius 3 is 3.00 bits per heavy atom. The Morgan fingerprint density at radius 2 is 2.26 bits per heavy atom. The molecular weight excluding hydrogens is 240 g/mol. The molecule has 2 aromatic heterocycles. The maximum absolute atomic E-state index is 12.2. The highest BCUT2D eigenvalue weighted by molar-refractivity contribution is 6.00. The van der Waals surface area contributed by atoms with Gasteiger partial charge in [-0.15, -0.1) is 0 Å². The molecule has 2 aromatic rings. The van der Waals surface area contributed by atoms with Gasteiger partial charge in [-0.1, -0.05) is 0 Å². The van der Waals surface area contributed by atoms with Crippen molar-refractivity contribution in [2.24, 2.45) is 11.3 Å². The van der Waals surface area contributed by atoms with Crippen LogP contribution >= 0.6 is 0 Å². The smallest absolute Gasteiger partial charge is 0.255 e. The Morgan fingerprint density at radius 1 is 1.42 bits per heavy atom. The van der Waals surface area contributed by atoms with E-state index in [1.165, 1.54) is 30.3 Å². The number of rotatable bonds is 4. The monoisotopic (exact) mass is 256 g/mol. The Balaban J connectivity index is 1.51. The molecule has 2 aliphatic carbocycles. The van der Waals surface area contributed by atoms with E-state index in [9.17, 15) is 4.79 Å². The minimum atomic E-state index is -0.0325. The topological polar surface area (TPSA) is 59.3 Å². The number of hydrogen-bond acceptors (Lipinski definition) is 3. The first kappa shape index (κ1) is 11.0. The van der Waals surface area contributed by atoms with Gasteiger partial charge in [0.25, 0.3) is 5.91 Å². The van der Waals surface area contributed by atoms with Gasteiger partial charge in [-0.05, 0) is 49.1 Å². The van der Waals surface area contributed by atoms with E-state index in [2.05, 4.69) is 15.5 Å². The number of nitrogens with zero attached hydrogens (tertiary/aromatic N) is 3. The average Bonchev–Trinajstić information content (AvgIpc) is 3.32. The van der Waals surface area contributed by atoms with Crippen LogP contribution in [0.3, 0.4) is 0 Å². The predicted molar refractivity (Wildman–Crippen MR) is 69.7 cm³/mol. The molecule has 0 bridgehead atoms. The van der Waals surface area contributed by atoms with Crippen molar-refractivity contribution in [2.75, 3.05) is 6.54 Å². The highest BCUT2D eigenvalue weighted by Gasteiger charge is 2.53. The van der Waals surface area contributed by atoms with Gasteiger partial charge in [-0.3, -0.25) is 4.79 Å². The van der Waals surface area contributed by atoms with Gasteiger partial charge >= 0.3 is 0 Å². The third-order valence-corrected chi connectivity index (χ3v) is 4.49. The number of hydrogen-bond donors (Lipinski definition) is 1. The second-order valence-electron chi connectivity index (χ2n) is 5.78. The molecule has 2 heterocycles. The second kappa shape index (κ2) is 3.79. The summed E-state index contributed by atoms with van der Waals surface area (Å²) in [6.07, 6.45) is 8.48. The summed E-state index contributed by atoms with van der Waals surface area (Å²) >= 11 is 0. The van der Waals surface area contributed by atoms with Crippen LogP contribution in [0.1, 0.15) is 36.0 Å². The fourth-order valence-corrected chi connectivity index (χ4v) is 2.94. The summed E-state index contributed by atoms with van der Waals surface area (Å²) < 4.78 is 1.49. The first-order chi connectivity index (χ1) is 9.28. The molecule has 98 valence electrons. The molecule has 2 fully saturated rings. The Labute approximate surface area is 111 Å². The van der Waals surface area contributed by atoms with Gasteiger partial charge in [0, 0.05) is 12.7 Å². The summed E-state index contributed by atoms with van der Waals surface area (Å²) in [6, 6.07) is 3.68. The first-order valence-corrected chi connectivity index (χ1v) is 6.86. The van der Waals surface area contributed by atoms with Crippen LogP contribution in [-0.2, 0) is 0 Å². The fourth-order valence-electron chi connectivity index (χ4n) is 2.94. The summed E-state index contributed by atoms with van der Waals surface area (Å²) in [5.41, 5.74) is 1.80. The Hall–Kier alpha value is -1.91. The van der Waals surface area contributed by atoms with Crippen molar-refractivity contribution in [3.63, 3.8) is 0 Å². The molecule has 5 heteroatoms. The quantitative estimate of drug-likeness (QED) is 0.904. The van der Waals surface area contributed by atoms with Gasteiger partial charge in [0.05, 0.1) is 11.8 Å². The molecule has 0 spiro atoms. The van der Waals surface area contributed by atoms with E-state index in [-0.39, 0.29) is 5.91 Å². The lowest BCUT2D eigenvalue weighted by atomic mass is 10.0. The van der Waals surface area contributed by atoms with Crippen LogP contribution < -0.4 is 5.32 Å². The molecule has 0 atom stereocenters. The molecule has 19 heavy (non-hydrogen) atoms. The summed E-state index contributed by atoms with van der Waals surface area (Å²) in [5, 5.41) is 11.2. The molecule has 0 aliphatic heterocycles. The van der Waals surface area contributed by atoms with Gasteiger partial charge in [0.2, 0.25) is 0 Å². The summed E-state index contributed by atoms with van der Waals surface area (Å²) in [7, 11) is 0. The third-order valence-electron chi connectivity index (χ3n) is 4.49. The van der Waals surface area contributed by atoms with Crippen LogP contribution in [0.2, 0.25) is 0 Å². The Bertz CT molecular complexity index is 640. The van der Waals surface area contributed by atoms with E-state index < -0.39 is 0 Å². The van der Waals surface area contributed by atoms with Crippen molar-refractivity contribution < 1.29 is 4.79 Å². The summed E-state index contributed by atoms with van der Waals surface area (Å²) in [4.78, 5) is 12.2. The average molecular weight is 256 g/mol. The summed E-state index contributed by atoms with van der Waals surface area (Å²) in [6.45, 7) is 0.814. The number of carbonyl (C=O) groups is 1. The molecule has 0 unspecified atom stereocenters. The van der Waals surface area contributed by atoms with E-state index in [0.29, 0.717) is 11.0 Å². The van der Waals surface area contributed by atoms with Gasteiger partial charge in [0.15, 0.2) is 0 Å². The lowest BCUT2D eigenvalue weighted by Gasteiger charge is -2.14. The van der Waals surface area contributed by atoms with Crippen molar-refractivity contribution in [1.29, 1.82) is 0 Å². The molecule has 4 rings (SSSR count).